The van der Waals surface area contributed by atoms with Crippen molar-refractivity contribution in [1.82, 2.24) is 14.6 Å². The Hall–Kier alpha value is -3.10. The van der Waals surface area contributed by atoms with Gasteiger partial charge >= 0.3 is 5.97 Å². The summed E-state index contributed by atoms with van der Waals surface area (Å²) in [5, 5.41) is 16.0. The lowest BCUT2D eigenvalue weighted by atomic mass is 10.0. The molecule has 0 aliphatic heterocycles. The fourth-order valence-electron chi connectivity index (χ4n) is 4.59. The lowest BCUT2D eigenvalue weighted by Gasteiger charge is -2.21. The van der Waals surface area contributed by atoms with Crippen LogP contribution in [0.5, 0.6) is 5.75 Å². The normalized spacial score (nSPS) is 11.7. The van der Waals surface area contributed by atoms with E-state index in [9.17, 15) is 9.90 Å². The summed E-state index contributed by atoms with van der Waals surface area (Å²) < 4.78 is 7.80. The first-order chi connectivity index (χ1) is 17.2. The maximum absolute atomic E-state index is 11.9. The van der Waals surface area contributed by atoms with Crippen LogP contribution < -0.4 is 10.1 Å². The molecule has 188 valence electrons. The van der Waals surface area contributed by atoms with E-state index in [2.05, 4.69) is 49.1 Å². The SMILES string of the molecule is COc1ccc2c(Cc3cc(CCCSC)cc(C(=O)O)n3)c(-c3ccccc3)nn2c1[Si](C)(C)C. The van der Waals surface area contributed by atoms with Crippen LogP contribution in [-0.2, 0) is 12.8 Å². The van der Waals surface area contributed by atoms with E-state index in [-0.39, 0.29) is 5.69 Å². The molecule has 1 N–H and O–H groups in total. The number of hydrogen-bond acceptors (Lipinski definition) is 5. The molecule has 36 heavy (non-hydrogen) atoms. The van der Waals surface area contributed by atoms with Crippen molar-refractivity contribution < 1.29 is 14.6 Å². The molecule has 4 rings (SSSR count). The van der Waals surface area contributed by atoms with Crippen molar-refractivity contribution in [2.24, 2.45) is 0 Å². The van der Waals surface area contributed by atoms with Gasteiger partial charge in [-0.15, -0.1) is 0 Å². The van der Waals surface area contributed by atoms with Crippen molar-refractivity contribution in [3.63, 3.8) is 0 Å². The maximum Gasteiger partial charge on any atom is 0.354 e. The van der Waals surface area contributed by atoms with Crippen molar-refractivity contribution in [1.29, 1.82) is 0 Å². The van der Waals surface area contributed by atoms with E-state index in [0.717, 1.165) is 63.3 Å². The van der Waals surface area contributed by atoms with Gasteiger partial charge in [0, 0.05) is 23.2 Å². The molecule has 0 aliphatic carbocycles. The number of aromatic nitrogens is 3. The number of rotatable bonds is 10. The average molecular weight is 520 g/mol. The number of carbonyl (C=O) groups is 1. The minimum atomic E-state index is -1.84. The van der Waals surface area contributed by atoms with Crippen LogP contribution in [0.2, 0.25) is 19.6 Å². The smallest absolute Gasteiger partial charge is 0.354 e. The summed E-state index contributed by atoms with van der Waals surface area (Å²) in [6.07, 6.45) is 4.39. The number of nitrogens with zero attached hydrogens (tertiary/aromatic N) is 3. The first-order valence-corrected chi connectivity index (χ1v) is 17.0. The summed E-state index contributed by atoms with van der Waals surface area (Å²) in [7, 11) is -0.136. The second-order valence-electron chi connectivity index (χ2n) is 9.92. The third kappa shape index (κ3) is 5.49. The second-order valence-corrected chi connectivity index (χ2v) is 15.9. The molecular formula is C28H33N3O3SSi. The van der Waals surface area contributed by atoms with Gasteiger partial charge in [-0.25, -0.2) is 14.3 Å². The van der Waals surface area contributed by atoms with Gasteiger partial charge in [-0.05, 0) is 54.7 Å². The van der Waals surface area contributed by atoms with Gasteiger partial charge in [0.2, 0.25) is 0 Å². The predicted molar refractivity (Wildman–Crippen MR) is 151 cm³/mol. The minimum Gasteiger partial charge on any atom is -0.495 e. The van der Waals surface area contributed by atoms with Gasteiger partial charge in [0.15, 0.2) is 0 Å². The van der Waals surface area contributed by atoms with Crippen molar-refractivity contribution >= 4 is 36.6 Å². The van der Waals surface area contributed by atoms with E-state index in [0.29, 0.717) is 6.42 Å². The van der Waals surface area contributed by atoms with Crippen LogP contribution in [-0.4, -0.2) is 52.9 Å². The summed E-state index contributed by atoms with van der Waals surface area (Å²) in [5.41, 5.74) is 5.78. The number of aromatic carboxylic acids is 1. The largest absolute Gasteiger partial charge is 0.495 e. The first kappa shape index (κ1) is 26.0. The number of methoxy groups -OCH3 is 1. The van der Waals surface area contributed by atoms with Gasteiger partial charge in [0.1, 0.15) is 19.5 Å². The van der Waals surface area contributed by atoms with Crippen molar-refractivity contribution in [2.45, 2.75) is 38.9 Å². The van der Waals surface area contributed by atoms with Crippen molar-refractivity contribution in [2.75, 3.05) is 19.1 Å². The number of thioether (sulfide) groups is 1. The maximum atomic E-state index is 11.9. The van der Waals surface area contributed by atoms with Crippen molar-refractivity contribution in [3.05, 3.63) is 77.1 Å². The van der Waals surface area contributed by atoms with Gasteiger partial charge in [-0.2, -0.15) is 16.9 Å². The number of pyridine rings is 2. The van der Waals surface area contributed by atoms with Gasteiger partial charge < -0.3 is 9.84 Å². The van der Waals surface area contributed by atoms with Crippen LogP contribution in [0.15, 0.2) is 54.6 Å². The van der Waals surface area contributed by atoms with Crippen LogP contribution in [0.25, 0.3) is 16.8 Å². The van der Waals surface area contributed by atoms with Gasteiger partial charge in [0.05, 0.1) is 23.6 Å². The first-order valence-electron chi connectivity index (χ1n) is 12.1. The molecule has 0 fully saturated rings. The molecule has 0 saturated heterocycles. The fourth-order valence-corrected chi connectivity index (χ4v) is 6.76. The lowest BCUT2D eigenvalue weighted by Crippen LogP contribution is -2.43. The zero-order valence-electron chi connectivity index (χ0n) is 21.5. The number of fused-ring (bicyclic) bond motifs is 1. The minimum absolute atomic E-state index is 0.0915. The van der Waals surface area contributed by atoms with Gasteiger partial charge in [-0.1, -0.05) is 50.0 Å². The van der Waals surface area contributed by atoms with Crippen molar-refractivity contribution in [3.8, 4) is 17.0 Å². The molecule has 1 aromatic carbocycles. The molecule has 0 aliphatic rings. The van der Waals surface area contributed by atoms with Crippen LogP contribution in [0.1, 0.15) is 33.7 Å². The Bertz CT molecular complexity index is 1380. The summed E-state index contributed by atoms with van der Waals surface area (Å²) in [5.74, 6) is 0.877. The van der Waals surface area contributed by atoms with Crippen LogP contribution >= 0.6 is 11.8 Å². The van der Waals surface area contributed by atoms with E-state index >= 15 is 0 Å². The third-order valence-electron chi connectivity index (χ3n) is 6.17. The zero-order chi connectivity index (χ0) is 25.9. The van der Waals surface area contributed by atoms with Gasteiger partial charge in [-0.3, -0.25) is 0 Å². The Morgan fingerprint density at radius 3 is 2.50 bits per heavy atom. The number of benzene rings is 1. The highest BCUT2D eigenvalue weighted by Crippen LogP contribution is 2.30. The Morgan fingerprint density at radius 2 is 1.86 bits per heavy atom. The molecule has 0 amide bonds. The molecule has 4 aromatic rings. The summed E-state index contributed by atoms with van der Waals surface area (Å²) in [6.45, 7) is 6.85. The van der Waals surface area contributed by atoms with E-state index in [1.165, 1.54) is 0 Å². The topological polar surface area (TPSA) is 76.7 Å². The summed E-state index contributed by atoms with van der Waals surface area (Å²) in [6, 6.07) is 18.0. The average Bonchev–Trinajstić information content (AvgIpc) is 3.21. The molecule has 6 nitrogen and oxygen atoms in total. The highest BCUT2D eigenvalue weighted by molar-refractivity contribution is 7.98. The van der Waals surface area contributed by atoms with Gasteiger partial charge in [0.25, 0.3) is 0 Å². The highest BCUT2D eigenvalue weighted by Gasteiger charge is 2.28. The highest BCUT2D eigenvalue weighted by atomic mass is 32.2. The van der Waals surface area contributed by atoms with Crippen LogP contribution in [0, 0.1) is 0 Å². The standard InChI is InChI=1S/C28H33N3O3SSi/c1-34-25-14-13-24-22(18-21-16-19(10-9-15-35-2)17-23(29-21)28(32)33)26(20-11-7-6-8-12-20)30-31(24)27(25)36(3,4)5/h6-8,11-14,16-17H,9-10,15,18H2,1-5H3,(H,32,33). The summed E-state index contributed by atoms with van der Waals surface area (Å²) >= 11 is 1.80. The molecular weight excluding hydrogens is 486 g/mol. The lowest BCUT2D eigenvalue weighted by molar-refractivity contribution is 0.0690. The number of ether oxygens (including phenoxy) is 1. The van der Waals surface area contributed by atoms with Crippen LogP contribution in [0.3, 0.4) is 0 Å². The van der Waals surface area contributed by atoms with E-state index in [1.54, 1.807) is 24.9 Å². The predicted octanol–water partition coefficient (Wildman–Crippen LogP) is 5.53. The third-order valence-corrected chi connectivity index (χ3v) is 8.74. The quantitative estimate of drug-likeness (QED) is 0.219. The van der Waals surface area contributed by atoms with E-state index in [1.807, 2.05) is 34.8 Å². The molecule has 0 radical (unpaired) electrons. The Morgan fingerprint density at radius 1 is 1.11 bits per heavy atom. The molecule has 0 atom stereocenters. The monoisotopic (exact) mass is 519 g/mol. The molecule has 0 bridgehead atoms. The fraction of sp³-hybridized carbons (Fsp3) is 0.321. The Balaban J connectivity index is 1.91. The number of carboxylic acid groups (broad SMARTS) is 1. The zero-order valence-corrected chi connectivity index (χ0v) is 23.4. The van der Waals surface area contributed by atoms with E-state index < -0.39 is 14.0 Å². The summed E-state index contributed by atoms with van der Waals surface area (Å²) in [4.78, 5) is 16.4. The Kier molecular flexibility index (Phi) is 7.85. The molecule has 0 saturated carbocycles. The molecule has 3 heterocycles. The number of hydrogen-bond donors (Lipinski definition) is 1. The Labute approximate surface area is 217 Å². The van der Waals surface area contributed by atoms with Crippen LogP contribution in [0.4, 0.5) is 0 Å². The number of carboxylic acids is 1. The number of aryl methyl sites for hydroxylation is 1. The molecule has 3 aromatic heterocycles. The van der Waals surface area contributed by atoms with E-state index in [4.69, 9.17) is 9.84 Å². The molecule has 0 unspecified atom stereocenters. The molecule has 0 spiro atoms. The molecule has 8 heteroatoms. The second kappa shape index (κ2) is 10.9.